The monoisotopic (exact) mass is 520 g/mol. The number of carboxylic acids is 1. The normalized spacial score (nSPS) is 37.4. The second-order valence-electron chi connectivity index (χ2n) is 12.4. The standard InChI is InChI=1S/C31H40N2O5/c1-29-14-11-22(33-38-19-27(34)32-26(28(35)36)17-20-7-5-4-6-8-20)18-21(29)9-10-23-24(29)12-15-30(2)25(23)13-16-31(30,3)37/h4-8,11,14,18,23-26,37H,9-10,12-13,15-17,19H2,1-3H3,(H,32,34)(H,35,36)/t23-,24+,25+,26+,29+,30+,31?/m1/s1. The van der Waals surface area contributed by atoms with E-state index in [9.17, 15) is 19.8 Å². The molecule has 1 amide bonds. The number of amides is 1. The van der Waals surface area contributed by atoms with Crippen LogP contribution >= 0.6 is 0 Å². The highest BCUT2D eigenvalue weighted by Crippen LogP contribution is 2.66. The van der Waals surface area contributed by atoms with E-state index in [-0.39, 0.29) is 23.9 Å². The highest BCUT2D eigenvalue weighted by atomic mass is 16.6. The van der Waals surface area contributed by atoms with Gasteiger partial charge >= 0.3 is 5.97 Å². The van der Waals surface area contributed by atoms with Crippen LogP contribution in [0.1, 0.15) is 64.9 Å². The molecule has 1 aromatic carbocycles. The van der Waals surface area contributed by atoms with E-state index in [1.165, 1.54) is 5.57 Å². The molecule has 4 aliphatic rings. The summed E-state index contributed by atoms with van der Waals surface area (Å²) < 4.78 is 0. The van der Waals surface area contributed by atoms with Crippen molar-refractivity contribution in [2.24, 2.45) is 33.7 Å². The molecule has 0 bridgehead atoms. The van der Waals surface area contributed by atoms with E-state index in [4.69, 9.17) is 4.84 Å². The van der Waals surface area contributed by atoms with Crippen LogP contribution < -0.4 is 5.32 Å². The van der Waals surface area contributed by atoms with Gasteiger partial charge in [0.15, 0.2) is 6.61 Å². The molecule has 3 fully saturated rings. The van der Waals surface area contributed by atoms with Crippen molar-refractivity contribution in [3.63, 3.8) is 0 Å². The van der Waals surface area contributed by atoms with Gasteiger partial charge in [0.1, 0.15) is 11.8 Å². The summed E-state index contributed by atoms with van der Waals surface area (Å²) in [6.45, 7) is 6.34. The van der Waals surface area contributed by atoms with Crippen LogP contribution in [0, 0.1) is 28.6 Å². The number of aliphatic hydroxyl groups is 1. The van der Waals surface area contributed by atoms with Gasteiger partial charge in [-0.15, -0.1) is 0 Å². The number of nitrogens with one attached hydrogen (secondary N) is 1. The molecule has 0 radical (unpaired) electrons. The minimum atomic E-state index is -1.09. The lowest BCUT2D eigenvalue weighted by atomic mass is 9.47. The van der Waals surface area contributed by atoms with Gasteiger partial charge in [0.05, 0.1) is 5.60 Å². The number of nitrogens with zero attached hydrogens (tertiary/aromatic N) is 1. The van der Waals surface area contributed by atoms with Crippen molar-refractivity contribution in [3.05, 3.63) is 59.7 Å². The number of oxime groups is 1. The summed E-state index contributed by atoms with van der Waals surface area (Å²) in [5.74, 6) is 0.125. The Morgan fingerprint density at radius 1 is 1.11 bits per heavy atom. The van der Waals surface area contributed by atoms with Gasteiger partial charge < -0.3 is 20.4 Å². The van der Waals surface area contributed by atoms with Crippen LogP contribution in [-0.4, -0.2) is 46.1 Å². The van der Waals surface area contributed by atoms with E-state index in [1.807, 2.05) is 43.3 Å². The van der Waals surface area contributed by atoms with Gasteiger partial charge in [-0.05, 0) is 86.3 Å². The average Bonchev–Trinajstić information content (AvgIpc) is 3.13. The van der Waals surface area contributed by atoms with E-state index in [0.29, 0.717) is 23.5 Å². The lowest BCUT2D eigenvalue weighted by Crippen LogP contribution is -2.53. The second-order valence-corrected chi connectivity index (χ2v) is 12.4. The maximum absolute atomic E-state index is 12.4. The molecule has 5 rings (SSSR count). The minimum Gasteiger partial charge on any atom is -0.480 e. The molecule has 3 N–H and O–H groups in total. The number of allylic oxidation sites excluding steroid dienone is 4. The van der Waals surface area contributed by atoms with Crippen molar-refractivity contribution in [3.8, 4) is 0 Å². The molecule has 0 saturated heterocycles. The van der Waals surface area contributed by atoms with Crippen LogP contribution in [0.2, 0.25) is 0 Å². The average molecular weight is 521 g/mol. The largest absolute Gasteiger partial charge is 0.480 e. The molecule has 0 aliphatic heterocycles. The molecule has 1 aromatic rings. The van der Waals surface area contributed by atoms with Crippen LogP contribution in [-0.2, 0) is 20.8 Å². The lowest BCUT2D eigenvalue weighted by molar-refractivity contribution is -0.142. The first kappa shape index (κ1) is 26.7. The number of aliphatic carboxylic acids is 1. The minimum absolute atomic E-state index is 0.00585. The number of fused-ring (bicyclic) bond motifs is 5. The van der Waals surface area contributed by atoms with Gasteiger partial charge in [0.25, 0.3) is 5.91 Å². The predicted octanol–water partition coefficient (Wildman–Crippen LogP) is 4.66. The fraction of sp³-hybridized carbons (Fsp3) is 0.581. The Hall–Kier alpha value is -2.93. The second kappa shape index (κ2) is 9.99. The molecule has 0 spiro atoms. The summed E-state index contributed by atoms with van der Waals surface area (Å²) in [6.07, 6.45) is 12.8. The van der Waals surface area contributed by atoms with E-state index in [2.05, 4.69) is 36.5 Å². The van der Waals surface area contributed by atoms with Gasteiger partial charge in [0, 0.05) is 11.8 Å². The third-order valence-electron chi connectivity index (χ3n) is 10.4. The third kappa shape index (κ3) is 4.70. The van der Waals surface area contributed by atoms with Crippen LogP contribution in [0.4, 0.5) is 0 Å². The molecule has 0 heterocycles. The summed E-state index contributed by atoms with van der Waals surface area (Å²) in [7, 11) is 0. The zero-order valence-corrected chi connectivity index (χ0v) is 22.7. The molecule has 1 unspecified atom stereocenters. The molecule has 0 aromatic heterocycles. The van der Waals surface area contributed by atoms with Gasteiger partial charge in [-0.25, -0.2) is 4.79 Å². The Bertz CT molecular complexity index is 1170. The number of hydrogen-bond donors (Lipinski definition) is 3. The smallest absolute Gasteiger partial charge is 0.326 e. The number of carbonyl (C=O) groups is 2. The highest BCUT2D eigenvalue weighted by molar-refractivity contribution is 6.05. The van der Waals surface area contributed by atoms with Crippen LogP contribution in [0.15, 0.2) is 59.3 Å². The van der Waals surface area contributed by atoms with Crippen molar-refractivity contribution in [1.29, 1.82) is 0 Å². The highest BCUT2D eigenvalue weighted by Gasteiger charge is 2.61. The number of benzene rings is 1. The molecule has 4 aliphatic carbocycles. The van der Waals surface area contributed by atoms with Crippen molar-refractivity contribution in [2.45, 2.75) is 77.4 Å². The fourth-order valence-electron chi connectivity index (χ4n) is 7.96. The Morgan fingerprint density at radius 2 is 1.84 bits per heavy atom. The number of carbonyl (C=O) groups excluding carboxylic acids is 1. The molecule has 3 saturated carbocycles. The number of carboxylic acid groups (broad SMARTS) is 1. The zero-order valence-electron chi connectivity index (χ0n) is 22.7. The third-order valence-corrected chi connectivity index (χ3v) is 10.4. The van der Waals surface area contributed by atoms with Gasteiger partial charge in [-0.3, -0.25) is 4.79 Å². The SMILES string of the molecule is CC1(O)CC[C@H]2[C@@H]3CCC4=CC(=NOCC(=O)N[C@@H](Cc5ccccc5)C(=O)O)C=C[C@]4(C)[C@H]3CC[C@@]21C. The van der Waals surface area contributed by atoms with Crippen LogP contribution in [0.25, 0.3) is 0 Å². The van der Waals surface area contributed by atoms with Gasteiger partial charge in [-0.2, -0.15) is 0 Å². The molecule has 204 valence electrons. The van der Waals surface area contributed by atoms with Crippen molar-refractivity contribution < 1.29 is 24.6 Å². The first-order valence-electron chi connectivity index (χ1n) is 13.9. The molecule has 7 nitrogen and oxygen atoms in total. The quantitative estimate of drug-likeness (QED) is 0.453. The number of rotatable bonds is 7. The van der Waals surface area contributed by atoms with Gasteiger partial charge in [0.2, 0.25) is 0 Å². The summed E-state index contributed by atoms with van der Waals surface area (Å²) in [6, 6.07) is 8.16. The molecule has 7 atom stereocenters. The van der Waals surface area contributed by atoms with Gasteiger partial charge in [-0.1, -0.05) is 61.0 Å². The number of hydrogen-bond acceptors (Lipinski definition) is 5. The summed E-state index contributed by atoms with van der Waals surface area (Å²) in [5.41, 5.74) is 2.27. The molecule has 38 heavy (non-hydrogen) atoms. The van der Waals surface area contributed by atoms with Crippen molar-refractivity contribution >= 4 is 17.6 Å². The predicted molar refractivity (Wildman–Crippen MR) is 145 cm³/mol. The Balaban J connectivity index is 1.19. The van der Waals surface area contributed by atoms with E-state index in [1.54, 1.807) is 0 Å². The van der Waals surface area contributed by atoms with E-state index in [0.717, 1.165) is 44.1 Å². The zero-order chi connectivity index (χ0) is 27.1. The van der Waals surface area contributed by atoms with Crippen molar-refractivity contribution in [1.82, 2.24) is 5.32 Å². The lowest BCUT2D eigenvalue weighted by Gasteiger charge is -2.58. The first-order chi connectivity index (χ1) is 18.0. The summed E-state index contributed by atoms with van der Waals surface area (Å²) in [4.78, 5) is 29.3. The van der Waals surface area contributed by atoms with Crippen LogP contribution in [0.3, 0.4) is 0 Å². The first-order valence-corrected chi connectivity index (χ1v) is 13.9. The molecular formula is C31H40N2O5. The maximum Gasteiger partial charge on any atom is 0.326 e. The maximum atomic E-state index is 12.4. The Kier molecular flexibility index (Phi) is 7.01. The summed E-state index contributed by atoms with van der Waals surface area (Å²) in [5, 5.41) is 27.3. The van der Waals surface area contributed by atoms with E-state index >= 15 is 0 Å². The van der Waals surface area contributed by atoms with Crippen molar-refractivity contribution in [2.75, 3.05) is 6.61 Å². The molecular weight excluding hydrogens is 480 g/mol. The Morgan fingerprint density at radius 3 is 2.58 bits per heavy atom. The Labute approximate surface area is 225 Å². The van der Waals surface area contributed by atoms with Crippen LogP contribution in [0.5, 0.6) is 0 Å². The summed E-state index contributed by atoms with van der Waals surface area (Å²) >= 11 is 0. The van der Waals surface area contributed by atoms with E-state index < -0.39 is 23.5 Å². The topological polar surface area (TPSA) is 108 Å². The molecule has 7 heteroatoms. The fourth-order valence-corrected chi connectivity index (χ4v) is 7.96.